The lowest BCUT2D eigenvalue weighted by atomic mass is 10.2. The molecule has 1 saturated carbocycles. The Morgan fingerprint density at radius 3 is 2.68 bits per heavy atom. The second-order valence-corrected chi connectivity index (χ2v) is 5.19. The number of anilines is 2. The third kappa shape index (κ3) is 4.50. The molecule has 0 saturated heterocycles. The highest BCUT2D eigenvalue weighted by molar-refractivity contribution is 5.75. The van der Waals surface area contributed by atoms with Crippen molar-refractivity contribution in [3.8, 4) is 0 Å². The molecule has 0 bridgehead atoms. The van der Waals surface area contributed by atoms with E-state index < -0.39 is 0 Å². The molecular formula is C14H22N4O. The van der Waals surface area contributed by atoms with E-state index in [1.807, 2.05) is 13.0 Å². The maximum absolute atomic E-state index is 10.9. The molecule has 0 radical (unpaired) electrons. The van der Waals surface area contributed by atoms with Gasteiger partial charge in [-0.1, -0.05) is 12.8 Å². The molecular weight excluding hydrogens is 240 g/mol. The Morgan fingerprint density at radius 1 is 1.32 bits per heavy atom. The van der Waals surface area contributed by atoms with Crippen LogP contribution in [0.2, 0.25) is 0 Å². The van der Waals surface area contributed by atoms with Crippen molar-refractivity contribution in [3.63, 3.8) is 0 Å². The SMILES string of the molecule is CC(=O)CCNc1cc(NC2CCCC2)nc(C)n1. The largest absolute Gasteiger partial charge is 0.369 e. The van der Waals surface area contributed by atoms with Crippen LogP contribution in [0.15, 0.2) is 6.07 Å². The number of carbonyl (C=O) groups excluding carboxylic acids is 1. The van der Waals surface area contributed by atoms with E-state index in [0.29, 0.717) is 19.0 Å². The van der Waals surface area contributed by atoms with Crippen molar-refractivity contribution >= 4 is 17.4 Å². The van der Waals surface area contributed by atoms with Gasteiger partial charge < -0.3 is 10.6 Å². The number of nitrogens with one attached hydrogen (secondary N) is 2. The van der Waals surface area contributed by atoms with Crippen molar-refractivity contribution in [2.45, 2.75) is 52.0 Å². The fourth-order valence-corrected chi connectivity index (χ4v) is 2.38. The molecule has 0 aliphatic heterocycles. The predicted octanol–water partition coefficient (Wildman–Crippen LogP) is 2.53. The molecule has 2 rings (SSSR count). The van der Waals surface area contributed by atoms with Crippen LogP contribution in [-0.4, -0.2) is 28.3 Å². The summed E-state index contributed by atoms with van der Waals surface area (Å²) in [6.45, 7) is 4.10. The van der Waals surface area contributed by atoms with Crippen LogP contribution in [0.5, 0.6) is 0 Å². The van der Waals surface area contributed by atoms with E-state index in [2.05, 4.69) is 20.6 Å². The quantitative estimate of drug-likeness (QED) is 0.824. The molecule has 1 aromatic heterocycles. The minimum Gasteiger partial charge on any atom is -0.369 e. The van der Waals surface area contributed by atoms with Gasteiger partial charge in [0.15, 0.2) is 0 Å². The fraction of sp³-hybridized carbons (Fsp3) is 0.643. The van der Waals surface area contributed by atoms with Gasteiger partial charge in [-0.15, -0.1) is 0 Å². The number of ketones is 1. The lowest BCUT2D eigenvalue weighted by Crippen LogP contribution is -2.16. The van der Waals surface area contributed by atoms with Crippen LogP contribution in [0.3, 0.4) is 0 Å². The summed E-state index contributed by atoms with van der Waals surface area (Å²) < 4.78 is 0. The van der Waals surface area contributed by atoms with E-state index >= 15 is 0 Å². The Bertz CT molecular complexity index is 441. The number of carbonyl (C=O) groups is 1. The molecule has 5 nitrogen and oxygen atoms in total. The molecule has 104 valence electrons. The first-order valence-electron chi connectivity index (χ1n) is 6.99. The Balaban J connectivity index is 1.95. The number of aryl methyl sites for hydroxylation is 1. The van der Waals surface area contributed by atoms with E-state index in [1.165, 1.54) is 25.7 Å². The van der Waals surface area contributed by atoms with Crippen LogP contribution in [0.4, 0.5) is 11.6 Å². The second kappa shape index (κ2) is 6.50. The number of rotatable bonds is 6. The zero-order valence-electron chi connectivity index (χ0n) is 11.7. The lowest BCUT2D eigenvalue weighted by molar-refractivity contribution is -0.116. The molecule has 1 aromatic rings. The van der Waals surface area contributed by atoms with E-state index in [0.717, 1.165) is 17.5 Å². The molecule has 0 spiro atoms. The highest BCUT2D eigenvalue weighted by Gasteiger charge is 2.15. The van der Waals surface area contributed by atoms with Crippen LogP contribution in [0, 0.1) is 6.92 Å². The summed E-state index contributed by atoms with van der Waals surface area (Å²) in [5.41, 5.74) is 0. The van der Waals surface area contributed by atoms with Gasteiger partial charge in [-0.05, 0) is 26.7 Å². The zero-order chi connectivity index (χ0) is 13.7. The van der Waals surface area contributed by atoms with Crippen LogP contribution in [0.1, 0.15) is 44.9 Å². The van der Waals surface area contributed by atoms with Gasteiger partial charge in [0.2, 0.25) is 0 Å². The fourth-order valence-electron chi connectivity index (χ4n) is 2.38. The van der Waals surface area contributed by atoms with Gasteiger partial charge in [0.1, 0.15) is 23.2 Å². The first-order valence-corrected chi connectivity index (χ1v) is 6.99. The third-order valence-electron chi connectivity index (χ3n) is 3.33. The highest BCUT2D eigenvalue weighted by Crippen LogP contribution is 2.22. The Hall–Kier alpha value is -1.65. The molecule has 0 atom stereocenters. The van der Waals surface area contributed by atoms with E-state index in [1.54, 1.807) is 6.92 Å². The summed E-state index contributed by atoms with van der Waals surface area (Å²) in [4.78, 5) is 19.7. The van der Waals surface area contributed by atoms with E-state index in [9.17, 15) is 4.79 Å². The molecule has 1 aliphatic rings. The molecule has 19 heavy (non-hydrogen) atoms. The highest BCUT2D eigenvalue weighted by atomic mass is 16.1. The van der Waals surface area contributed by atoms with Crippen LogP contribution < -0.4 is 10.6 Å². The molecule has 5 heteroatoms. The summed E-state index contributed by atoms with van der Waals surface area (Å²) in [5, 5.41) is 6.63. The molecule has 1 heterocycles. The van der Waals surface area contributed by atoms with E-state index in [-0.39, 0.29) is 5.78 Å². The van der Waals surface area contributed by atoms with Crippen molar-refractivity contribution in [2.75, 3.05) is 17.2 Å². The summed E-state index contributed by atoms with van der Waals surface area (Å²) in [5.74, 6) is 2.59. The normalized spacial score (nSPS) is 15.5. The van der Waals surface area contributed by atoms with Crippen molar-refractivity contribution in [3.05, 3.63) is 11.9 Å². The number of aromatic nitrogens is 2. The third-order valence-corrected chi connectivity index (χ3v) is 3.33. The van der Waals surface area contributed by atoms with Crippen LogP contribution >= 0.6 is 0 Å². The predicted molar refractivity (Wildman–Crippen MR) is 76.4 cm³/mol. The summed E-state index contributed by atoms with van der Waals surface area (Å²) in [6.07, 6.45) is 5.55. The van der Waals surface area contributed by atoms with Gasteiger partial charge >= 0.3 is 0 Å². The van der Waals surface area contributed by atoms with Crippen molar-refractivity contribution in [2.24, 2.45) is 0 Å². The first-order chi connectivity index (χ1) is 9.13. The van der Waals surface area contributed by atoms with E-state index in [4.69, 9.17) is 0 Å². The van der Waals surface area contributed by atoms with Crippen molar-refractivity contribution < 1.29 is 4.79 Å². The topological polar surface area (TPSA) is 66.9 Å². The number of hydrogen-bond donors (Lipinski definition) is 2. The number of Topliss-reactive ketones (excluding diaryl/α,β-unsaturated/α-hetero) is 1. The second-order valence-electron chi connectivity index (χ2n) is 5.19. The van der Waals surface area contributed by atoms with Gasteiger partial charge in [-0.3, -0.25) is 4.79 Å². The smallest absolute Gasteiger partial charge is 0.132 e. The van der Waals surface area contributed by atoms with Gasteiger partial charge in [0.25, 0.3) is 0 Å². The maximum Gasteiger partial charge on any atom is 0.132 e. The molecule has 0 unspecified atom stereocenters. The average Bonchev–Trinajstić information content (AvgIpc) is 2.80. The average molecular weight is 262 g/mol. The molecule has 0 amide bonds. The molecule has 2 N–H and O–H groups in total. The molecule has 1 fully saturated rings. The number of nitrogens with zero attached hydrogens (tertiary/aromatic N) is 2. The molecule has 0 aromatic carbocycles. The lowest BCUT2D eigenvalue weighted by Gasteiger charge is -2.14. The maximum atomic E-state index is 10.9. The standard InChI is InChI=1S/C14H22N4O/c1-10(19)7-8-15-13-9-14(17-11(2)16-13)18-12-5-3-4-6-12/h9,12H,3-8H2,1-2H3,(H2,15,16,17,18). The van der Waals surface area contributed by atoms with Gasteiger partial charge in [0, 0.05) is 25.1 Å². The Morgan fingerprint density at radius 2 is 2.00 bits per heavy atom. The van der Waals surface area contributed by atoms with Crippen molar-refractivity contribution in [1.29, 1.82) is 0 Å². The monoisotopic (exact) mass is 262 g/mol. The zero-order valence-corrected chi connectivity index (χ0v) is 11.7. The van der Waals surface area contributed by atoms with Crippen LogP contribution in [-0.2, 0) is 4.79 Å². The first kappa shape index (κ1) is 13.8. The minimum absolute atomic E-state index is 0.183. The Labute approximate surface area is 114 Å². The molecule has 1 aliphatic carbocycles. The summed E-state index contributed by atoms with van der Waals surface area (Å²) in [7, 11) is 0. The number of hydrogen-bond acceptors (Lipinski definition) is 5. The van der Waals surface area contributed by atoms with Gasteiger partial charge in [0.05, 0.1) is 0 Å². The van der Waals surface area contributed by atoms with Crippen LogP contribution in [0.25, 0.3) is 0 Å². The summed E-state index contributed by atoms with van der Waals surface area (Å²) in [6, 6.07) is 2.46. The summed E-state index contributed by atoms with van der Waals surface area (Å²) >= 11 is 0. The van der Waals surface area contributed by atoms with Gasteiger partial charge in [-0.25, -0.2) is 9.97 Å². The van der Waals surface area contributed by atoms with Crippen molar-refractivity contribution in [1.82, 2.24) is 9.97 Å². The minimum atomic E-state index is 0.183. The van der Waals surface area contributed by atoms with Gasteiger partial charge in [-0.2, -0.15) is 0 Å². The Kier molecular flexibility index (Phi) is 4.71.